The van der Waals surface area contributed by atoms with E-state index in [0.29, 0.717) is 5.56 Å². The lowest BCUT2D eigenvalue weighted by molar-refractivity contribution is -0.137. The highest BCUT2D eigenvalue weighted by molar-refractivity contribution is 6.07. The highest BCUT2D eigenvalue weighted by Crippen LogP contribution is 2.30. The minimum Gasteiger partial charge on any atom is -0.493 e. The van der Waals surface area contributed by atoms with E-state index in [-0.39, 0.29) is 17.1 Å². The monoisotopic (exact) mass is 372 g/mol. The van der Waals surface area contributed by atoms with Crippen LogP contribution in [0.1, 0.15) is 21.5 Å². The largest absolute Gasteiger partial charge is 0.493 e. The quantitative estimate of drug-likeness (QED) is 0.397. The molecule has 0 aromatic heterocycles. The van der Waals surface area contributed by atoms with E-state index in [9.17, 15) is 26.7 Å². The SMILES string of the molecule is COc1cc(C(=O)/C=C/c2ccc(C(F)(F)F)cc2)ccc1OC(F)F. The summed E-state index contributed by atoms with van der Waals surface area (Å²) in [4.78, 5) is 12.1. The van der Waals surface area contributed by atoms with Crippen molar-refractivity contribution < 1.29 is 36.2 Å². The molecule has 0 aliphatic carbocycles. The summed E-state index contributed by atoms with van der Waals surface area (Å²) in [7, 11) is 1.24. The lowest BCUT2D eigenvalue weighted by atomic mass is 10.1. The van der Waals surface area contributed by atoms with Crippen LogP contribution in [-0.4, -0.2) is 19.5 Å². The van der Waals surface area contributed by atoms with Crippen molar-refractivity contribution in [3.63, 3.8) is 0 Å². The van der Waals surface area contributed by atoms with Crippen LogP contribution in [0.5, 0.6) is 11.5 Å². The van der Waals surface area contributed by atoms with Crippen LogP contribution in [0, 0.1) is 0 Å². The van der Waals surface area contributed by atoms with Gasteiger partial charge in [-0.15, -0.1) is 0 Å². The minimum atomic E-state index is -4.43. The highest BCUT2D eigenvalue weighted by atomic mass is 19.4. The van der Waals surface area contributed by atoms with Gasteiger partial charge in [0.15, 0.2) is 17.3 Å². The van der Waals surface area contributed by atoms with Gasteiger partial charge in [-0.05, 0) is 42.0 Å². The first-order valence-corrected chi connectivity index (χ1v) is 7.23. The third-order valence-corrected chi connectivity index (χ3v) is 3.33. The van der Waals surface area contributed by atoms with Gasteiger partial charge in [0, 0.05) is 5.56 Å². The van der Waals surface area contributed by atoms with Gasteiger partial charge in [0.2, 0.25) is 0 Å². The molecule has 0 fully saturated rings. The van der Waals surface area contributed by atoms with E-state index in [1.54, 1.807) is 0 Å². The molecule has 0 amide bonds. The lowest BCUT2D eigenvalue weighted by Crippen LogP contribution is -2.04. The van der Waals surface area contributed by atoms with Crippen molar-refractivity contribution in [3.8, 4) is 11.5 Å². The zero-order chi connectivity index (χ0) is 19.3. The minimum absolute atomic E-state index is 0.0425. The Labute approximate surface area is 145 Å². The average molecular weight is 372 g/mol. The average Bonchev–Trinajstić information content (AvgIpc) is 2.59. The number of methoxy groups -OCH3 is 1. The summed E-state index contributed by atoms with van der Waals surface area (Å²) in [5.74, 6) is -0.739. The number of rotatable bonds is 6. The van der Waals surface area contributed by atoms with Gasteiger partial charge in [0.05, 0.1) is 12.7 Å². The molecule has 2 aromatic rings. The van der Waals surface area contributed by atoms with Crippen LogP contribution in [0.25, 0.3) is 6.08 Å². The molecule has 138 valence electrons. The maximum absolute atomic E-state index is 12.5. The smallest absolute Gasteiger partial charge is 0.416 e. The summed E-state index contributed by atoms with van der Waals surface area (Å²) in [6, 6.07) is 7.95. The predicted octanol–water partition coefficient (Wildman–Crippen LogP) is 5.21. The van der Waals surface area contributed by atoms with E-state index in [1.807, 2.05) is 0 Å². The van der Waals surface area contributed by atoms with Gasteiger partial charge >= 0.3 is 12.8 Å². The topological polar surface area (TPSA) is 35.5 Å². The molecule has 2 aromatic carbocycles. The number of ketones is 1. The molecule has 3 nitrogen and oxygen atoms in total. The van der Waals surface area contributed by atoms with E-state index < -0.39 is 24.1 Å². The van der Waals surface area contributed by atoms with Gasteiger partial charge in [-0.3, -0.25) is 4.79 Å². The fourth-order valence-electron chi connectivity index (χ4n) is 2.07. The molecule has 26 heavy (non-hydrogen) atoms. The number of ether oxygens (including phenoxy) is 2. The van der Waals surface area contributed by atoms with Gasteiger partial charge in [-0.25, -0.2) is 0 Å². The number of halogens is 5. The molecular formula is C18H13F5O3. The molecule has 0 aliphatic heterocycles. The van der Waals surface area contributed by atoms with Crippen molar-refractivity contribution >= 4 is 11.9 Å². The molecule has 0 radical (unpaired) electrons. The number of hydrogen-bond donors (Lipinski definition) is 0. The molecular weight excluding hydrogens is 359 g/mol. The fourth-order valence-corrected chi connectivity index (χ4v) is 2.07. The molecule has 2 rings (SSSR count). The Morgan fingerprint density at radius 1 is 1.04 bits per heavy atom. The van der Waals surface area contributed by atoms with Gasteiger partial charge in [-0.2, -0.15) is 22.0 Å². The third-order valence-electron chi connectivity index (χ3n) is 3.33. The standard InChI is InChI=1S/C18H13F5O3/c1-25-16-10-12(5-9-15(16)26-17(19)20)14(24)8-4-11-2-6-13(7-3-11)18(21,22)23/h2-10,17H,1H3/b8-4+. The van der Waals surface area contributed by atoms with Crippen molar-refractivity contribution in [2.45, 2.75) is 12.8 Å². The second-order valence-corrected chi connectivity index (χ2v) is 5.06. The van der Waals surface area contributed by atoms with E-state index in [1.165, 1.54) is 43.5 Å². The van der Waals surface area contributed by atoms with Gasteiger partial charge in [0.25, 0.3) is 0 Å². The van der Waals surface area contributed by atoms with Crippen LogP contribution in [0.4, 0.5) is 22.0 Å². The second-order valence-electron chi connectivity index (χ2n) is 5.06. The number of carbonyl (C=O) groups excluding carboxylic acids is 1. The highest BCUT2D eigenvalue weighted by Gasteiger charge is 2.29. The third kappa shape index (κ3) is 5.05. The van der Waals surface area contributed by atoms with Crippen LogP contribution >= 0.6 is 0 Å². The Morgan fingerprint density at radius 2 is 1.69 bits per heavy atom. The molecule has 0 saturated carbocycles. The van der Waals surface area contributed by atoms with Crippen LogP contribution < -0.4 is 9.47 Å². The lowest BCUT2D eigenvalue weighted by Gasteiger charge is -2.10. The van der Waals surface area contributed by atoms with Crippen molar-refractivity contribution in [2.24, 2.45) is 0 Å². The summed E-state index contributed by atoms with van der Waals surface area (Å²) in [5, 5.41) is 0. The van der Waals surface area contributed by atoms with Crippen LogP contribution in [0.2, 0.25) is 0 Å². The van der Waals surface area contributed by atoms with Crippen LogP contribution in [0.15, 0.2) is 48.5 Å². The number of carbonyl (C=O) groups is 1. The molecule has 0 atom stereocenters. The molecule has 0 saturated heterocycles. The van der Waals surface area contributed by atoms with E-state index in [0.717, 1.165) is 18.2 Å². The summed E-state index contributed by atoms with van der Waals surface area (Å²) >= 11 is 0. The maximum Gasteiger partial charge on any atom is 0.416 e. The van der Waals surface area contributed by atoms with E-state index in [4.69, 9.17) is 4.74 Å². The molecule has 0 aliphatic rings. The number of hydrogen-bond acceptors (Lipinski definition) is 3. The summed E-state index contributed by atoms with van der Waals surface area (Å²) in [6.45, 7) is -3.04. The molecule has 0 unspecified atom stereocenters. The second kappa shape index (κ2) is 7.99. The molecule has 8 heteroatoms. The normalized spacial score (nSPS) is 11.8. The van der Waals surface area contributed by atoms with Gasteiger partial charge in [-0.1, -0.05) is 18.2 Å². The zero-order valence-corrected chi connectivity index (χ0v) is 13.4. The first-order valence-electron chi connectivity index (χ1n) is 7.23. The molecule has 0 bridgehead atoms. The Bertz CT molecular complexity index is 795. The summed E-state index contributed by atoms with van der Waals surface area (Å²) < 4.78 is 71.2. The van der Waals surface area contributed by atoms with Crippen molar-refractivity contribution in [1.82, 2.24) is 0 Å². The van der Waals surface area contributed by atoms with Crippen molar-refractivity contribution in [3.05, 3.63) is 65.2 Å². The summed E-state index contributed by atoms with van der Waals surface area (Å²) in [5.41, 5.74) is -0.247. The number of alkyl halides is 5. The van der Waals surface area contributed by atoms with Gasteiger partial charge in [0.1, 0.15) is 0 Å². The first-order chi connectivity index (χ1) is 12.2. The first kappa shape index (κ1) is 19.4. The fraction of sp³-hybridized carbons (Fsp3) is 0.167. The Balaban J connectivity index is 2.15. The summed E-state index contributed by atoms with van der Waals surface area (Å²) in [6.07, 6.45) is -1.93. The van der Waals surface area contributed by atoms with Crippen LogP contribution in [0.3, 0.4) is 0 Å². The van der Waals surface area contributed by atoms with Crippen molar-refractivity contribution in [1.29, 1.82) is 0 Å². The number of allylic oxidation sites excluding steroid dienone is 1. The number of benzene rings is 2. The molecule has 0 heterocycles. The Kier molecular flexibility index (Phi) is 5.97. The van der Waals surface area contributed by atoms with Crippen molar-refractivity contribution in [2.75, 3.05) is 7.11 Å². The predicted molar refractivity (Wildman–Crippen MR) is 84.4 cm³/mol. The Morgan fingerprint density at radius 3 is 2.23 bits per heavy atom. The molecule has 0 N–H and O–H groups in total. The van der Waals surface area contributed by atoms with Gasteiger partial charge < -0.3 is 9.47 Å². The maximum atomic E-state index is 12.5. The zero-order valence-electron chi connectivity index (χ0n) is 13.4. The Hall–Kier alpha value is -2.90. The molecule has 0 spiro atoms. The van der Waals surface area contributed by atoms with E-state index in [2.05, 4.69) is 4.74 Å². The van der Waals surface area contributed by atoms with Crippen LogP contribution in [-0.2, 0) is 6.18 Å². The van der Waals surface area contributed by atoms with E-state index >= 15 is 0 Å².